The van der Waals surface area contributed by atoms with Crippen molar-refractivity contribution < 1.29 is 0 Å². The molecule has 13 heavy (non-hydrogen) atoms. The molecule has 1 aromatic rings. The molecular weight excluding hydrogens is 166 g/mol. The van der Waals surface area contributed by atoms with Crippen LogP contribution in [-0.4, -0.2) is 33.3 Å². The van der Waals surface area contributed by atoms with Gasteiger partial charge >= 0.3 is 0 Å². The number of nitrogens with zero attached hydrogens (tertiary/aromatic N) is 4. The van der Waals surface area contributed by atoms with Crippen molar-refractivity contribution in [3.05, 3.63) is 5.82 Å². The second-order valence-corrected chi connectivity index (χ2v) is 3.05. The van der Waals surface area contributed by atoms with Gasteiger partial charge in [0.05, 0.1) is 7.05 Å². The summed E-state index contributed by atoms with van der Waals surface area (Å²) >= 11 is 0. The maximum atomic E-state index is 4.10. The van der Waals surface area contributed by atoms with E-state index in [0.717, 1.165) is 31.8 Å². The molecule has 0 atom stereocenters. The molecule has 5 nitrogen and oxygen atoms in total. The van der Waals surface area contributed by atoms with Crippen molar-refractivity contribution in [2.45, 2.75) is 26.2 Å². The standard InChI is InChI=1S/C8H17N5/c1-3-6-9-7-4-5-8-10-12-13(2)11-8/h9H,3-7H2,1-2H3. The summed E-state index contributed by atoms with van der Waals surface area (Å²) in [4.78, 5) is 1.49. The summed E-state index contributed by atoms with van der Waals surface area (Å²) in [5.41, 5.74) is 0. The second-order valence-electron chi connectivity index (χ2n) is 3.05. The Labute approximate surface area is 78.5 Å². The summed E-state index contributed by atoms with van der Waals surface area (Å²) in [7, 11) is 1.78. The van der Waals surface area contributed by atoms with E-state index in [0.29, 0.717) is 0 Å². The van der Waals surface area contributed by atoms with Gasteiger partial charge in [-0.1, -0.05) is 6.92 Å². The molecule has 1 rings (SSSR count). The lowest BCUT2D eigenvalue weighted by Gasteiger charge is -1.99. The minimum Gasteiger partial charge on any atom is -0.317 e. The van der Waals surface area contributed by atoms with Crippen molar-refractivity contribution in [2.24, 2.45) is 7.05 Å². The van der Waals surface area contributed by atoms with Gasteiger partial charge in [0.25, 0.3) is 0 Å². The predicted molar refractivity (Wildman–Crippen MR) is 50.3 cm³/mol. The number of hydrogen-bond donors (Lipinski definition) is 1. The molecule has 0 saturated carbocycles. The Morgan fingerprint density at radius 3 is 2.85 bits per heavy atom. The highest BCUT2D eigenvalue weighted by Gasteiger charge is 1.98. The summed E-state index contributed by atoms with van der Waals surface area (Å²) in [5.74, 6) is 0.834. The Bertz CT molecular complexity index is 232. The normalized spacial score (nSPS) is 10.6. The molecule has 0 amide bonds. The van der Waals surface area contributed by atoms with Crippen molar-refractivity contribution in [1.82, 2.24) is 25.5 Å². The number of nitrogens with one attached hydrogen (secondary N) is 1. The monoisotopic (exact) mass is 183 g/mol. The third-order valence-corrected chi connectivity index (χ3v) is 1.73. The van der Waals surface area contributed by atoms with Crippen LogP contribution in [0.3, 0.4) is 0 Å². The summed E-state index contributed by atoms with van der Waals surface area (Å²) < 4.78 is 0. The third-order valence-electron chi connectivity index (χ3n) is 1.73. The van der Waals surface area contributed by atoms with E-state index in [1.807, 2.05) is 0 Å². The highest BCUT2D eigenvalue weighted by Crippen LogP contribution is 1.91. The van der Waals surface area contributed by atoms with E-state index < -0.39 is 0 Å². The van der Waals surface area contributed by atoms with Crippen LogP contribution < -0.4 is 5.32 Å². The van der Waals surface area contributed by atoms with Gasteiger partial charge in [0.15, 0.2) is 5.82 Å². The molecule has 0 spiro atoms. The van der Waals surface area contributed by atoms with E-state index >= 15 is 0 Å². The van der Waals surface area contributed by atoms with Crippen LogP contribution in [0.25, 0.3) is 0 Å². The van der Waals surface area contributed by atoms with Gasteiger partial charge in [0.1, 0.15) is 0 Å². The maximum absolute atomic E-state index is 4.10. The van der Waals surface area contributed by atoms with E-state index in [9.17, 15) is 0 Å². The Morgan fingerprint density at radius 2 is 2.23 bits per heavy atom. The Kier molecular flexibility index (Phi) is 4.39. The molecular formula is C8H17N5. The Morgan fingerprint density at radius 1 is 1.38 bits per heavy atom. The average Bonchev–Trinajstić information content (AvgIpc) is 2.51. The number of aryl methyl sites for hydroxylation is 2. The lowest BCUT2D eigenvalue weighted by molar-refractivity contribution is 0.617. The van der Waals surface area contributed by atoms with Gasteiger partial charge in [0.2, 0.25) is 0 Å². The van der Waals surface area contributed by atoms with Gasteiger partial charge < -0.3 is 5.32 Å². The van der Waals surface area contributed by atoms with Crippen molar-refractivity contribution in [3.8, 4) is 0 Å². The second kappa shape index (κ2) is 5.64. The molecule has 0 aromatic carbocycles. The predicted octanol–water partition coefficient (Wildman–Crippen LogP) is 0.142. The number of aromatic nitrogens is 4. The van der Waals surface area contributed by atoms with E-state index in [1.54, 1.807) is 7.05 Å². The van der Waals surface area contributed by atoms with Crippen LogP contribution in [0.15, 0.2) is 0 Å². The molecule has 5 heteroatoms. The van der Waals surface area contributed by atoms with Gasteiger partial charge in [-0.2, -0.15) is 4.80 Å². The van der Waals surface area contributed by atoms with Crippen LogP contribution in [0.4, 0.5) is 0 Å². The van der Waals surface area contributed by atoms with Crippen LogP contribution in [-0.2, 0) is 13.5 Å². The van der Waals surface area contributed by atoms with Crippen LogP contribution in [0.5, 0.6) is 0 Å². The first-order chi connectivity index (χ1) is 6.33. The highest BCUT2D eigenvalue weighted by molar-refractivity contribution is 4.76. The molecule has 1 aromatic heterocycles. The first-order valence-corrected chi connectivity index (χ1v) is 4.76. The molecule has 0 radical (unpaired) electrons. The van der Waals surface area contributed by atoms with Crippen LogP contribution in [0.2, 0.25) is 0 Å². The van der Waals surface area contributed by atoms with Crippen LogP contribution in [0.1, 0.15) is 25.6 Å². The zero-order valence-electron chi connectivity index (χ0n) is 8.32. The molecule has 74 valence electrons. The van der Waals surface area contributed by atoms with E-state index in [4.69, 9.17) is 0 Å². The SMILES string of the molecule is CCCNCCCc1nnn(C)n1. The molecule has 0 aliphatic carbocycles. The fraction of sp³-hybridized carbons (Fsp3) is 0.875. The zero-order chi connectivity index (χ0) is 9.52. The van der Waals surface area contributed by atoms with Gasteiger partial charge in [0, 0.05) is 6.42 Å². The lowest BCUT2D eigenvalue weighted by Crippen LogP contribution is -2.16. The zero-order valence-corrected chi connectivity index (χ0v) is 8.32. The van der Waals surface area contributed by atoms with Crippen molar-refractivity contribution in [3.63, 3.8) is 0 Å². The fourth-order valence-electron chi connectivity index (χ4n) is 1.10. The van der Waals surface area contributed by atoms with E-state index in [2.05, 4.69) is 27.7 Å². The molecule has 0 bridgehead atoms. The minimum atomic E-state index is 0.834. The van der Waals surface area contributed by atoms with Crippen molar-refractivity contribution >= 4 is 0 Å². The molecule has 0 aliphatic heterocycles. The molecule has 0 fully saturated rings. The number of rotatable bonds is 6. The molecule has 0 saturated heterocycles. The quantitative estimate of drug-likeness (QED) is 0.637. The molecule has 0 aliphatic rings. The molecule has 0 unspecified atom stereocenters. The minimum absolute atomic E-state index is 0.834. The lowest BCUT2D eigenvalue weighted by atomic mass is 10.3. The van der Waals surface area contributed by atoms with Crippen LogP contribution >= 0.6 is 0 Å². The van der Waals surface area contributed by atoms with Gasteiger partial charge in [-0.15, -0.1) is 10.2 Å². The number of tetrazole rings is 1. The fourth-order valence-corrected chi connectivity index (χ4v) is 1.10. The largest absolute Gasteiger partial charge is 0.317 e. The van der Waals surface area contributed by atoms with E-state index in [1.165, 1.54) is 11.2 Å². The molecule has 1 heterocycles. The van der Waals surface area contributed by atoms with Gasteiger partial charge in [-0.05, 0) is 31.1 Å². The third kappa shape index (κ3) is 3.98. The van der Waals surface area contributed by atoms with Gasteiger partial charge in [-0.25, -0.2) is 0 Å². The Balaban J connectivity index is 2.06. The Hall–Kier alpha value is -0.970. The van der Waals surface area contributed by atoms with Crippen LogP contribution in [0, 0.1) is 0 Å². The maximum Gasteiger partial charge on any atom is 0.174 e. The number of hydrogen-bond acceptors (Lipinski definition) is 4. The average molecular weight is 183 g/mol. The van der Waals surface area contributed by atoms with Gasteiger partial charge in [-0.3, -0.25) is 0 Å². The first kappa shape index (κ1) is 10.1. The smallest absolute Gasteiger partial charge is 0.174 e. The highest BCUT2D eigenvalue weighted by atomic mass is 15.6. The summed E-state index contributed by atoms with van der Waals surface area (Å²) in [6.07, 6.45) is 3.17. The van der Waals surface area contributed by atoms with Crippen molar-refractivity contribution in [1.29, 1.82) is 0 Å². The summed E-state index contributed by atoms with van der Waals surface area (Å²) in [6, 6.07) is 0. The molecule has 1 N–H and O–H groups in total. The summed E-state index contributed by atoms with van der Waals surface area (Å²) in [5, 5.41) is 15.1. The topological polar surface area (TPSA) is 55.6 Å². The summed E-state index contributed by atoms with van der Waals surface area (Å²) in [6.45, 7) is 4.29. The van der Waals surface area contributed by atoms with E-state index in [-0.39, 0.29) is 0 Å². The van der Waals surface area contributed by atoms with Crippen molar-refractivity contribution in [2.75, 3.05) is 13.1 Å². The first-order valence-electron chi connectivity index (χ1n) is 4.76.